The molecule has 4 rings (SSSR count). The molecule has 1 aliphatic rings. The summed E-state index contributed by atoms with van der Waals surface area (Å²) in [7, 11) is 0. The Labute approximate surface area is 157 Å². The first kappa shape index (κ1) is 17.3. The Kier molecular flexibility index (Phi) is 4.22. The van der Waals surface area contributed by atoms with Crippen LogP contribution in [0.4, 0.5) is 0 Å². The zero-order valence-electron chi connectivity index (χ0n) is 15.1. The molecule has 0 bridgehead atoms. The van der Waals surface area contributed by atoms with Crippen LogP contribution in [-0.4, -0.2) is 17.0 Å². The van der Waals surface area contributed by atoms with Crippen LogP contribution in [0.1, 0.15) is 36.3 Å². The Balaban J connectivity index is 1.48. The number of furan rings is 1. The molecule has 3 aromatic rings. The van der Waals surface area contributed by atoms with Crippen molar-refractivity contribution in [1.82, 2.24) is 5.32 Å². The lowest BCUT2D eigenvalue weighted by molar-refractivity contribution is -0.151. The van der Waals surface area contributed by atoms with Gasteiger partial charge in [-0.05, 0) is 43.0 Å². The van der Waals surface area contributed by atoms with E-state index in [0.717, 1.165) is 22.1 Å². The van der Waals surface area contributed by atoms with Gasteiger partial charge < -0.3 is 14.8 Å². The second-order valence-electron chi connectivity index (χ2n) is 7.36. The van der Waals surface area contributed by atoms with Gasteiger partial charge in [-0.3, -0.25) is 9.59 Å². The number of hydrogen-bond acceptors (Lipinski definition) is 3. The smallest absolute Gasteiger partial charge is 0.310 e. The van der Waals surface area contributed by atoms with E-state index in [1.54, 1.807) is 0 Å². The third-order valence-corrected chi connectivity index (χ3v) is 5.38. The summed E-state index contributed by atoms with van der Waals surface area (Å²) in [5.41, 5.74) is 1.71. The molecule has 0 aliphatic heterocycles. The van der Waals surface area contributed by atoms with E-state index in [1.807, 2.05) is 61.5 Å². The van der Waals surface area contributed by atoms with Gasteiger partial charge in [-0.1, -0.05) is 42.5 Å². The summed E-state index contributed by atoms with van der Waals surface area (Å²) in [4.78, 5) is 24.6. The van der Waals surface area contributed by atoms with Crippen LogP contribution < -0.4 is 5.32 Å². The molecule has 0 saturated carbocycles. The third kappa shape index (κ3) is 3.21. The van der Waals surface area contributed by atoms with E-state index in [4.69, 9.17) is 4.42 Å². The van der Waals surface area contributed by atoms with Crippen molar-refractivity contribution in [1.29, 1.82) is 0 Å². The van der Waals surface area contributed by atoms with Gasteiger partial charge in [0.25, 0.3) is 0 Å². The number of fused-ring (bicyclic) bond motifs is 2. The van der Waals surface area contributed by atoms with Crippen molar-refractivity contribution < 1.29 is 19.1 Å². The molecule has 1 heterocycles. The summed E-state index contributed by atoms with van der Waals surface area (Å²) in [5.74, 6) is -0.549. The second kappa shape index (κ2) is 6.58. The number of hydrogen-bond donors (Lipinski definition) is 2. The van der Waals surface area contributed by atoms with Crippen LogP contribution in [0.5, 0.6) is 0 Å². The number of benzene rings is 2. The van der Waals surface area contributed by atoms with E-state index < -0.39 is 11.4 Å². The van der Waals surface area contributed by atoms with Gasteiger partial charge in [-0.25, -0.2) is 0 Å². The number of amides is 1. The average Bonchev–Trinajstić information content (AvgIpc) is 3.23. The molecule has 5 heteroatoms. The monoisotopic (exact) mass is 363 g/mol. The van der Waals surface area contributed by atoms with Gasteiger partial charge in [0, 0.05) is 11.8 Å². The zero-order chi connectivity index (χ0) is 19.0. The van der Waals surface area contributed by atoms with Gasteiger partial charge in [-0.15, -0.1) is 0 Å². The first-order valence-corrected chi connectivity index (χ1v) is 9.05. The van der Waals surface area contributed by atoms with Gasteiger partial charge in [0.1, 0.15) is 11.3 Å². The van der Waals surface area contributed by atoms with Gasteiger partial charge in [0.05, 0.1) is 11.5 Å². The van der Waals surface area contributed by atoms with Crippen molar-refractivity contribution in [2.45, 2.75) is 32.2 Å². The molecule has 0 radical (unpaired) electrons. The minimum absolute atomic E-state index is 0.0540. The van der Waals surface area contributed by atoms with E-state index in [0.29, 0.717) is 18.6 Å². The molecule has 1 atom stereocenters. The van der Waals surface area contributed by atoms with E-state index in [9.17, 15) is 14.7 Å². The predicted molar refractivity (Wildman–Crippen MR) is 101 cm³/mol. The fraction of sp³-hybridized carbons (Fsp3) is 0.273. The number of rotatable bonds is 5. The molecule has 5 nitrogen and oxygen atoms in total. The fourth-order valence-corrected chi connectivity index (χ4v) is 3.93. The Morgan fingerprint density at radius 3 is 2.37 bits per heavy atom. The highest BCUT2D eigenvalue weighted by molar-refractivity contribution is 5.86. The summed E-state index contributed by atoms with van der Waals surface area (Å²) in [6.07, 6.45) is 0.706. The molecule has 0 saturated heterocycles. The van der Waals surface area contributed by atoms with Crippen molar-refractivity contribution in [3.8, 4) is 0 Å². The van der Waals surface area contributed by atoms with E-state index in [1.165, 1.54) is 0 Å². The summed E-state index contributed by atoms with van der Waals surface area (Å²) < 4.78 is 5.79. The Morgan fingerprint density at radius 2 is 1.74 bits per heavy atom. The topological polar surface area (TPSA) is 79.5 Å². The second-order valence-corrected chi connectivity index (χ2v) is 7.36. The molecular formula is C22H21NO4. The highest BCUT2D eigenvalue weighted by Gasteiger charge is 2.45. The minimum atomic E-state index is -1.08. The lowest BCUT2D eigenvalue weighted by atomic mass is 9.81. The first-order chi connectivity index (χ1) is 13.0. The van der Waals surface area contributed by atoms with Gasteiger partial charge in [0.15, 0.2) is 0 Å². The van der Waals surface area contributed by atoms with Crippen LogP contribution in [0.3, 0.4) is 0 Å². The van der Waals surface area contributed by atoms with Crippen LogP contribution in [0.25, 0.3) is 11.0 Å². The summed E-state index contributed by atoms with van der Waals surface area (Å²) >= 11 is 0. The summed E-state index contributed by atoms with van der Waals surface area (Å²) in [6, 6.07) is 16.9. The van der Waals surface area contributed by atoms with Crippen LogP contribution in [0, 0.1) is 5.41 Å². The molecule has 2 aromatic carbocycles. The number of carboxylic acids is 1. The first-order valence-electron chi connectivity index (χ1n) is 9.05. The van der Waals surface area contributed by atoms with E-state index in [2.05, 4.69) is 5.32 Å². The molecule has 1 aliphatic carbocycles. The van der Waals surface area contributed by atoms with Crippen molar-refractivity contribution in [3.63, 3.8) is 0 Å². The number of carbonyl (C=O) groups is 2. The molecule has 1 unspecified atom stereocenters. The maximum Gasteiger partial charge on any atom is 0.310 e. The molecule has 0 spiro atoms. The Morgan fingerprint density at radius 1 is 1.11 bits per heavy atom. The van der Waals surface area contributed by atoms with E-state index in [-0.39, 0.29) is 18.4 Å². The Bertz CT molecular complexity index is 962. The molecule has 1 amide bonds. The van der Waals surface area contributed by atoms with Gasteiger partial charge in [0.2, 0.25) is 5.91 Å². The lowest BCUT2D eigenvalue weighted by Crippen LogP contribution is -2.39. The zero-order valence-corrected chi connectivity index (χ0v) is 15.1. The maximum absolute atomic E-state index is 12.6. The number of aliphatic carboxylic acids is 1. The van der Waals surface area contributed by atoms with Crippen LogP contribution in [-0.2, 0) is 22.4 Å². The van der Waals surface area contributed by atoms with Crippen molar-refractivity contribution >= 4 is 22.8 Å². The molecule has 27 heavy (non-hydrogen) atoms. The van der Waals surface area contributed by atoms with Crippen LogP contribution >= 0.6 is 0 Å². The van der Waals surface area contributed by atoms with Crippen molar-refractivity contribution in [2.75, 3.05) is 0 Å². The molecule has 138 valence electrons. The quantitative estimate of drug-likeness (QED) is 0.721. The highest BCUT2D eigenvalue weighted by Crippen LogP contribution is 2.40. The van der Waals surface area contributed by atoms with Gasteiger partial charge >= 0.3 is 5.97 Å². The number of carboxylic acid groups (broad SMARTS) is 1. The highest BCUT2D eigenvalue weighted by atomic mass is 16.4. The van der Waals surface area contributed by atoms with Crippen molar-refractivity contribution in [3.05, 3.63) is 71.5 Å². The lowest BCUT2D eigenvalue weighted by Gasteiger charge is -2.24. The number of carbonyl (C=O) groups excluding carboxylic acids is 1. The molecule has 2 N–H and O–H groups in total. The van der Waals surface area contributed by atoms with Crippen LogP contribution in [0.2, 0.25) is 0 Å². The third-order valence-electron chi connectivity index (χ3n) is 5.38. The standard InChI is InChI=1S/C22H21NO4/c1-14(19-10-15-6-4-5-9-18(15)27-19)23-20(24)13-22(21(25)26)11-16-7-2-3-8-17(16)12-22/h2-10,14H,11-13H2,1H3,(H,23,24)(H,25,26). The van der Waals surface area contributed by atoms with E-state index >= 15 is 0 Å². The Hall–Kier alpha value is -3.08. The normalized spacial score (nSPS) is 16.0. The SMILES string of the molecule is CC(NC(=O)CC1(C(=O)O)Cc2ccccc2C1)c1cc2ccccc2o1. The fourth-order valence-electron chi connectivity index (χ4n) is 3.93. The van der Waals surface area contributed by atoms with Crippen molar-refractivity contribution in [2.24, 2.45) is 5.41 Å². The number of nitrogens with one attached hydrogen (secondary N) is 1. The molecular weight excluding hydrogens is 342 g/mol. The summed E-state index contributed by atoms with van der Waals surface area (Å²) in [5, 5.41) is 13.7. The average molecular weight is 363 g/mol. The number of para-hydroxylation sites is 1. The minimum Gasteiger partial charge on any atom is -0.481 e. The largest absolute Gasteiger partial charge is 0.481 e. The molecule has 1 aromatic heterocycles. The predicted octanol–water partition coefficient (Wildman–Crippen LogP) is 3.87. The molecule has 0 fully saturated rings. The summed E-state index contributed by atoms with van der Waals surface area (Å²) in [6.45, 7) is 1.84. The maximum atomic E-state index is 12.6. The van der Waals surface area contributed by atoms with Gasteiger partial charge in [-0.2, -0.15) is 0 Å². The van der Waals surface area contributed by atoms with Crippen LogP contribution in [0.15, 0.2) is 59.0 Å².